The normalized spacial score (nSPS) is 14.3. The number of aromatic hydroxyl groups is 1. The van der Waals surface area contributed by atoms with Gasteiger partial charge in [0, 0.05) is 37.9 Å². The van der Waals surface area contributed by atoms with Crippen molar-refractivity contribution in [3.63, 3.8) is 0 Å². The molecule has 6 nitrogen and oxygen atoms in total. The molecule has 0 saturated carbocycles. The molecule has 1 amide bonds. The van der Waals surface area contributed by atoms with Crippen LogP contribution in [0.1, 0.15) is 18.9 Å². The summed E-state index contributed by atoms with van der Waals surface area (Å²) in [6.07, 6.45) is 4.34. The van der Waals surface area contributed by atoms with Crippen LogP contribution in [0, 0.1) is 0 Å². The molecule has 1 aliphatic heterocycles. The number of phenolic OH excluding ortho intramolecular Hbond substituents is 1. The molecular formula is C23H28N2O4. The molecule has 3 rings (SSSR count). The zero-order valence-electron chi connectivity index (χ0n) is 17.0. The van der Waals surface area contributed by atoms with Gasteiger partial charge in [0.15, 0.2) is 11.5 Å². The van der Waals surface area contributed by atoms with Gasteiger partial charge in [0.05, 0.1) is 13.7 Å². The fourth-order valence-corrected chi connectivity index (χ4v) is 3.24. The molecule has 1 N–H and O–H groups in total. The van der Waals surface area contributed by atoms with E-state index in [1.165, 1.54) is 0 Å². The predicted molar refractivity (Wildman–Crippen MR) is 115 cm³/mol. The standard InChI is InChI=1S/C23H28N2O4/c1-3-16-29-21-10-4-18(17-22(21)28-2)5-11-23(27)25-14-12-24(13-15-25)19-6-8-20(26)9-7-19/h4-11,17,26H,3,12-16H2,1-2H3/b11-5+. The third kappa shape index (κ3) is 5.44. The molecule has 2 aromatic rings. The maximum atomic E-state index is 12.6. The molecule has 0 radical (unpaired) electrons. The minimum atomic E-state index is 0.000586. The van der Waals surface area contributed by atoms with E-state index in [1.54, 1.807) is 31.4 Å². The van der Waals surface area contributed by atoms with E-state index in [-0.39, 0.29) is 11.7 Å². The van der Waals surface area contributed by atoms with E-state index >= 15 is 0 Å². The molecule has 29 heavy (non-hydrogen) atoms. The van der Waals surface area contributed by atoms with Crippen molar-refractivity contribution in [2.24, 2.45) is 0 Å². The van der Waals surface area contributed by atoms with Crippen LogP contribution in [0.2, 0.25) is 0 Å². The second-order valence-corrected chi connectivity index (χ2v) is 6.92. The summed E-state index contributed by atoms with van der Waals surface area (Å²) >= 11 is 0. The number of rotatable bonds is 7. The maximum Gasteiger partial charge on any atom is 0.246 e. The average Bonchev–Trinajstić information content (AvgIpc) is 2.77. The van der Waals surface area contributed by atoms with Crippen LogP contribution >= 0.6 is 0 Å². The summed E-state index contributed by atoms with van der Waals surface area (Å²) in [7, 11) is 1.61. The van der Waals surface area contributed by atoms with Crippen LogP contribution in [-0.2, 0) is 4.79 Å². The van der Waals surface area contributed by atoms with Gasteiger partial charge in [-0.3, -0.25) is 4.79 Å². The lowest BCUT2D eigenvalue weighted by atomic mass is 10.1. The zero-order chi connectivity index (χ0) is 20.6. The van der Waals surface area contributed by atoms with Gasteiger partial charge in [0.25, 0.3) is 0 Å². The number of phenols is 1. The molecule has 0 atom stereocenters. The summed E-state index contributed by atoms with van der Waals surface area (Å²) in [5, 5.41) is 9.42. The Labute approximate surface area is 172 Å². The highest BCUT2D eigenvalue weighted by molar-refractivity contribution is 5.92. The first-order valence-corrected chi connectivity index (χ1v) is 9.92. The number of methoxy groups -OCH3 is 1. The van der Waals surface area contributed by atoms with Crippen molar-refractivity contribution in [1.29, 1.82) is 0 Å². The van der Waals surface area contributed by atoms with E-state index in [2.05, 4.69) is 11.8 Å². The van der Waals surface area contributed by atoms with Crippen LogP contribution in [0.15, 0.2) is 48.5 Å². The molecule has 154 valence electrons. The van der Waals surface area contributed by atoms with Crippen molar-refractivity contribution in [2.45, 2.75) is 13.3 Å². The predicted octanol–water partition coefficient (Wildman–Crippen LogP) is 3.55. The molecule has 0 unspecified atom stereocenters. The average molecular weight is 396 g/mol. The summed E-state index contributed by atoms with van der Waals surface area (Å²) in [5.41, 5.74) is 1.95. The van der Waals surface area contributed by atoms with Crippen LogP contribution in [0.25, 0.3) is 6.08 Å². The largest absolute Gasteiger partial charge is 0.508 e. The topological polar surface area (TPSA) is 62.2 Å². The van der Waals surface area contributed by atoms with Gasteiger partial charge in [-0.25, -0.2) is 0 Å². The molecule has 0 aromatic heterocycles. The number of hydrogen-bond donors (Lipinski definition) is 1. The SMILES string of the molecule is CCCOc1ccc(/C=C/C(=O)N2CCN(c3ccc(O)cc3)CC2)cc1OC. The first-order valence-electron chi connectivity index (χ1n) is 9.92. The maximum absolute atomic E-state index is 12.6. The number of nitrogens with zero attached hydrogens (tertiary/aromatic N) is 2. The van der Waals surface area contributed by atoms with Crippen molar-refractivity contribution in [3.05, 3.63) is 54.1 Å². The molecule has 1 heterocycles. The Bertz CT molecular complexity index is 840. The fourth-order valence-electron chi connectivity index (χ4n) is 3.24. The van der Waals surface area contributed by atoms with Gasteiger partial charge in [-0.2, -0.15) is 0 Å². The van der Waals surface area contributed by atoms with E-state index in [4.69, 9.17) is 9.47 Å². The Morgan fingerprint density at radius 3 is 2.45 bits per heavy atom. The van der Waals surface area contributed by atoms with E-state index in [9.17, 15) is 9.90 Å². The van der Waals surface area contributed by atoms with Gasteiger partial charge in [-0.1, -0.05) is 13.0 Å². The summed E-state index contributed by atoms with van der Waals surface area (Å²) in [4.78, 5) is 16.6. The molecule has 0 bridgehead atoms. The van der Waals surface area contributed by atoms with Gasteiger partial charge in [-0.05, 0) is 54.5 Å². The first-order chi connectivity index (χ1) is 14.1. The van der Waals surface area contributed by atoms with Crippen LogP contribution in [-0.4, -0.2) is 55.8 Å². The Balaban J connectivity index is 1.56. The van der Waals surface area contributed by atoms with Gasteiger partial charge in [0.1, 0.15) is 5.75 Å². The molecule has 2 aromatic carbocycles. The number of amides is 1. The van der Waals surface area contributed by atoms with E-state index in [0.717, 1.165) is 30.8 Å². The molecule has 6 heteroatoms. The van der Waals surface area contributed by atoms with Crippen molar-refractivity contribution < 1.29 is 19.4 Å². The zero-order valence-corrected chi connectivity index (χ0v) is 17.0. The number of ether oxygens (including phenoxy) is 2. The summed E-state index contributed by atoms with van der Waals surface area (Å²) in [5.74, 6) is 1.63. The lowest BCUT2D eigenvalue weighted by Gasteiger charge is -2.35. The first kappa shape index (κ1) is 20.6. The Kier molecular flexibility index (Phi) is 7.00. The number of benzene rings is 2. The molecule has 1 saturated heterocycles. The Morgan fingerprint density at radius 1 is 1.07 bits per heavy atom. The van der Waals surface area contributed by atoms with Crippen molar-refractivity contribution >= 4 is 17.7 Å². The molecular weight excluding hydrogens is 368 g/mol. The lowest BCUT2D eigenvalue weighted by molar-refractivity contribution is -0.126. The quantitative estimate of drug-likeness (QED) is 0.725. The van der Waals surface area contributed by atoms with Crippen LogP contribution in [0.4, 0.5) is 5.69 Å². The molecule has 0 aliphatic carbocycles. The number of piperazine rings is 1. The highest BCUT2D eigenvalue weighted by Gasteiger charge is 2.19. The van der Waals surface area contributed by atoms with E-state index in [1.807, 2.05) is 35.2 Å². The smallest absolute Gasteiger partial charge is 0.246 e. The third-order valence-electron chi connectivity index (χ3n) is 4.87. The van der Waals surface area contributed by atoms with Gasteiger partial charge < -0.3 is 24.4 Å². The van der Waals surface area contributed by atoms with Gasteiger partial charge >= 0.3 is 0 Å². The molecule has 1 aliphatic rings. The lowest BCUT2D eigenvalue weighted by Crippen LogP contribution is -2.48. The highest BCUT2D eigenvalue weighted by Crippen LogP contribution is 2.28. The number of carbonyl (C=O) groups excluding carboxylic acids is 1. The van der Waals surface area contributed by atoms with Crippen LogP contribution in [0.3, 0.4) is 0 Å². The van der Waals surface area contributed by atoms with Crippen molar-refractivity contribution in [1.82, 2.24) is 4.90 Å². The highest BCUT2D eigenvalue weighted by atomic mass is 16.5. The van der Waals surface area contributed by atoms with Gasteiger partial charge in [0.2, 0.25) is 5.91 Å². The fraction of sp³-hybridized carbons (Fsp3) is 0.348. The summed E-state index contributed by atoms with van der Waals surface area (Å²) in [6, 6.07) is 12.8. The number of carbonyl (C=O) groups is 1. The monoisotopic (exact) mass is 396 g/mol. The van der Waals surface area contributed by atoms with Gasteiger partial charge in [-0.15, -0.1) is 0 Å². The molecule has 1 fully saturated rings. The van der Waals surface area contributed by atoms with Crippen molar-refractivity contribution in [2.75, 3.05) is 44.8 Å². The second kappa shape index (κ2) is 9.87. The van der Waals surface area contributed by atoms with E-state index in [0.29, 0.717) is 31.2 Å². The second-order valence-electron chi connectivity index (χ2n) is 6.92. The minimum absolute atomic E-state index is 0.000586. The Morgan fingerprint density at radius 2 is 1.79 bits per heavy atom. The van der Waals surface area contributed by atoms with Crippen LogP contribution < -0.4 is 14.4 Å². The summed E-state index contributed by atoms with van der Waals surface area (Å²) in [6.45, 7) is 5.55. The van der Waals surface area contributed by atoms with Crippen LogP contribution in [0.5, 0.6) is 17.2 Å². The van der Waals surface area contributed by atoms with E-state index < -0.39 is 0 Å². The summed E-state index contributed by atoms with van der Waals surface area (Å²) < 4.78 is 11.1. The van der Waals surface area contributed by atoms with Crippen molar-refractivity contribution in [3.8, 4) is 17.2 Å². The number of anilines is 1. The Hall–Kier alpha value is -3.15. The number of hydrogen-bond acceptors (Lipinski definition) is 5. The minimum Gasteiger partial charge on any atom is -0.508 e. The molecule has 0 spiro atoms. The third-order valence-corrected chi connectivity index (χ3v) is 4.87.